The molecular formula is C32H45FN6OS. The average molecular weight is 581 g/mol. The number of hydrogen-bond acceptors (Lipinski definition) is 7. The number of hydrazone groups is 1. The Labute approximate surface area is 250 Å². The number of hydrogen-bond donors (Lipinski definition) is 2. The molecule has 2 atom stereocenters. The second kappa shape index (κ2) is 20.3. The van der Waals surface area contributed by atoms with Crippen molar-refractivity contribution in [3.05, 3.63) is 84.5 Å². The van der Waals surface area contributed by atoms with Crippen molar-refractivity contribution in [2.24, 2.45) is 15.9 Å². The fourth-order valence-electron chi connectivity index (χ4n) is 3.70. The third-order valence-corrected chi connectivity index (χ3v) is 6.28. The molecule has 3 N–H and O–H groups in total. The third kappa shape index (κ3) is 12.6. The van der Waals surface area contributed by atoms with Crippen molar-refractivity contribution >= 4 is 29.9 Å². The van der Waals surface area contributed by atoms with Gasteiger partial charge in [-0.1, -0.05) is 66.8 Å². The van der Waals surface area contributed by atoms with Crippen LogP contribution in [0.15, 0.2) is 77.9 Å². The Bertz CT molecular complexity index is 1130. The lowest BCUT2D eigenvalue weighted by atomic mass is 10.1. The highest BCUT2D eigenvalue weighted by atomic mass is 32.2. The predicted octanol–water partition coefficient (Wildman–Crippen LogP) is 6.37. The number of aliphatic imine (C=N–C) groups is 1. The Morgan fingerprint density at radius 3 is 2.29 bits per heavy atom. The largest absolute Gasteiger partial charge is 0.496 e. The van der Waals surface area contributed by atoms with E-state index in [-0.39, 0.29) is 18.3 Å². The summed E-state index contributed by atoms with van der Waals surface area (Å²) in [5.41, 5.74) is 4.41. The van der Waals surface area contributed by atoms with Crippen molar-refractivity contribution < 1.29 is 8.62 Å². The molecule has 9 heteroatoms. The van der Waals surface area contributed by atoms with E-state index in [9.17, 15) is 3.89 Å². The van der Waals surface area contributed by atoms with Gasteiger partial charge in [0.05, 0.1) is 25.0 Å². The smallest absolute Gasteiger partial charge is 0.148 e. The molecule has 1 saturated carbocycles. The van der Waals surface area contributed by atoms with E-state index in [0.29, 0.717) is 12.4 Å². The number of nitrogens with one attached hydrogen (secondary N) is 1. The van der Waals surface area contributed by atoms with Gasteiger partial charge in [-0.05, 0) is 32.4 Å². The molecule has 0 spiro atoms. The van der Waals surface area contributed by atoms with Crippen LogP contribution in [0, 0.1) is 26.7 Å². The zero-order valence-corrected chi connectivity index (χ0v) is 25.6. The minimum atomic E-state index is -0.409. The van der Waals surface area contributed by atoms with Gasteiger partial charge in [-0.15, -0.1) is 26.0 Å². The highest BCUT2D eigenvalue weighted by molar-refractivity contribution is 7.95. The van der Waals surface area contributed by atoms with Gasteiger partial charge in [-0.25, -0.2) is 5.01 Å². The number of terminal acetylenes is 1. The Morgan fingerprint density at radius 2 is 1.78 bits per heavy atom. The summed E-state index contributed by atoms with van der Waals surface area (Å²) in [6, 6.07) is 16.2. The first-order valence-electron chi connectivity index (χ1n) is 13.5. The monoisotopic (exact) mass is 580 g/mol. The number of para-hydroxylation sites is 1. The summed E-state index contributed by atoms with van der Waals surface area (Å²) in [5.74, 6) is 7.07. The number of aryl methyl sites for hydroxylation is 2. The van der Waals surface area contributed by atoms with E-state index in [1.807, 2.05) is 37.4 Å². The second-order valence-electron chi connectivity index (χ2n) is 9.30. The molecule has 0 amide bonds. The van der Waals surface area contributed by atoms with E-state index in [2.05, 4.69) is 79.5 Å². The highest BCUT2D eigenvalue weighted by Gasteiger charge is 2.38. The summed E-state index contributed by atoms with van der Waals surface area (Å²) >= 11 is 0.269. The molecule has 2 aliphatic heterocycles. The number of amidine groups is 1. The van der Waals surface area contributed by atoms with Gasteiger partial charge < -0.3 is 10.1 Å². The lowest BCUT2D eigenvalue weighted by Gasteiger charge is -2.33. The van der Waals surface area contributed by atoms with Crippen LogP contribution in [-0.2, 0) is 0 Å². The van der Waals surface area contributed by atoms with Crippen molar-refractivity contribution in [1.82, 2.24) is 15.3 Å². The van der Waals surface area contributed by atoms with Crippen LogP contribution < -0.4 is 15.9 Å². The van der Waals surface area contributed by atoms with Crippen molar-refractivity contribution in [2.45, 2.75) is 50.9 Å². The van der Waals surface area contributed by atoms with Crippen molar-refractivity contribution in [1.29, 1.82) is 0 Å². The Hall–Kier alpha value is -3.58. The van der Waals surface area contributed by atoms with E-state index in [4.69, 9.17) is 10.6 Å². The molecule has 0 bridgehead atoms. The zero-order chi connectivity index (χ0) is 30.6. The van der Waals surface area contributed by atoms with Crippen molar-refractivity contribution in [3.63, 3.8) is 0 Å². The van der Waals surface area contributed by atoms with Gasteiger partial charge in [0.1, 0.15) is 23.0 Å². The Balaban J connectivity index is 0.000000459. The number of halogens is 1. The van der Waals surface area contributed by atoms with Crippen LogP contribution in [0.2, 0.25) is 0 Å². The van der Waals surface area contributed by atoms with E-state index in [0.717, 1.165) is 30.0 Å². The van der Waals surface area contributed by atoms with Gasteiger partial charge >= 0.3 is 0 Å². The standard InChI is InChI=1S/C17H23FN6OS.C8H10.C3H6.C2H4.C2H2/c1-23(19)9-5-8-20-16-10-13(12-6-3-4-7-14(12)25-2)22-17-15(26-18)11-21-24(16)17;1-7-4-3-5-8(2)6-7;1-2-3-1;2*1-2/h3-4,6-7,10-11,15,17,22H,5,8-9,19H2,1-2H3;3-6H,1-2H3;1-3H2;1-2H2;1-2H. The fraction of sp³-hybridized carbons (Fsp3) is 0.375. The summed E-state index contributed by atoms with van der Waals surface area (Å²) < 4.78 is 18.8. The van der Waals surface area contributed by atoms with Crippen molar-refractivity contribution in [2.75, 3.05) is 27.2 Å². The van der Waals surface area contributed by atoms with E-state index in [1.54, 1.807) is 23.3 Å². The zero-order valence-electron chi connectivity index (χ0n) is 24.8. The molecule has 5 rings (SSSR count). The van der Waals surface area contributed by atoms with Crippen LogP contribution in [0.3, 0.4) is 0 Å². The van der Waals surface area contributed by atoms with Crippen LogP contribution in [0.4, 0.5) is 3.89 Å². The maximum atomic E-state index is 13.3. The normalized spacial score (nSPS) is 18.4. The molecule has 2 unspecified atom stereocenters. The molecule has 2 aromatic rings. The SMILES string of the molecule is C#C.C1CC1.C=C.COc1ccccc1C1=CC(=NCCCN(C)N)N2N=CC(SF)C2N1.Cc1cccc(C)c1. The molecule has 1 aliphatic carbocycles. The van der Waals surface area contributed by atoms with Crippen molar-refractivity contribution in [3.8, 4) is 18.6 Å². The maximum absolute atomic E-state index is 13.3. The lowest BCUT2D eigenvalue weighted by molar-refractivity contribution is 0.329. The first-order valence-corrected chi connectivity index (χ1v) is 14.3. The topological polar surface area (TPSA) is 78.5 Å². The van der Waals surface area contributed by atoms with E-state index in [1.165, 1.54) is 30.4 Å². The second-order valence-corrected chi connectivity index (χ2v) is 10.0. The summed E-state index contributed by atoms with van der Waals surface area (Å²) in [7, 11) is 3.45. The fourth-order valence-corrected chi connectivity index (χ4v) is 4.09. The molecule has 41 heavy (non-hydrogen) atoms. The van der Waals surface area contributed by atoms with Gasteiger partial charge in [-0.2, -0.15) is 8.99 Å². The molecule has 0 aromatic heterocycles. The summed E-state index contributed by atoms with van der Waals surface area (Å²) in [6.07, 6.45) is 16.5. The number of fused-ring (bicyclic) bond motifs is 1. The molecule has 2 aromatic carbocycles. The van der Waals surface area contributed by atoms with Crippen LogP contribution in [0.5, 0.6) is 5.75 Å². The third-order valence-electron chi connectivity index (χ3n) is 5.69. The van der Waals surface area contributed by atoms with Gasteiger partial charge in [0, 0.05) is 38.0 Å². The number of methoxy groups -OCH3 is 1. The Kier molecular flexibility index (Phi) is 17.6. The van der Waals surface area contributed by atoms with Crippen LogP contribution in [-0.4, -0.2) is 60.7 Å². The molecule has 7 nitrogen and oxygen atoms in total. The number of benzene rings is 2. The van der Waals surface area contributed by atoms with Crippen LogP contribution in [0.25, 0.3) is 5.70 Å². The molecule has 222 valence electrons. The average Bonchev–Trinajstić information content (AvgIpc) is 3.83. The van der Waals surface area contributed by atoms with E-state index >= 15 is 0 Å². The predicted molar refractivity (Wildman–Crippen MR) is 175 cm³/mol. The Morgan fingerprint density at radius 1 is 1.15 bits per heavy atom. The molecule has 2 heterocycles. The number of ether oxygens (including phenoxy) is 1. The number of hydrazine groups is 1. The minimum absolute atomic E-state index is 0.269. The van der Waals surface area contributed by atoms with E-state index < -0.39 is 5.25 Å². The summed E-state index contributed by atoms with van der Waals surface area (Å²) in [6.45, 7) is 11.6. The minimum Gasteiger partial charge on any atom is -0.496 e. The van der Waals surface area contributed by atoms with Crippen LogP contribution in [0.1, 0.15) is 42.4 Å². The number of nitrogens with zero attached hydrogens (tertiary/aromatic N) is 4. The van der Waals surface area contributed by atoms with Gasteiger partial charge in [0.15, 0.2) is 0 Å². The highest BCUT2D eigenvalue weighted by Crippen LogP contribution is 2.32. The number of rotatable bonds is 7. The molecule has 0 saturated heterocycles. The molecule has 1 fully saturated rings. The quantitative estimate of drug-likeness (QED) is 0.130. The molecule has 3 aliphatic rings. The number of nitrogens with two attached hydrogens (primary N) is 1. The summed E-state index contributed by atoms with van der Waals surface area (Å²) in [4.78, 5) is 4.66. The maximum Gasteiger partial charge on any atom is 0.148 e. The van der Waals surface area contributed by atoms with Gasteiger partial charge in [-0.3, -0.25) is 15.8 Å². The van der Waals surface area contributed by atoms with Crippen LogP contribution >= 0.6 is 12.1 Å². The summed E-state index contributed by atoms with van der Waals surface area (Å²) in [5, 5.41) is 10.6. The van der Waals surface area contributed by atoms with Gasteiger partial charge in [0.2, 0.25) is 0 Å². The molecular weight excluding hydrogens is 535 g/mol. The first kappa shape index (κ1) is 35.4. The van der Waals surface area contributed by atoms with Gasteiger partial charge in [0.25, 0.3) is 0 Å². The lowest BCUT2D eigenvalue weighted by Crippen LogP contribution is -2.50. The first-order chi connectivity index (χ1) is 19.9. The molecule has 0 radical (unpaired) electrons.